The summed E-state index contributed by atoms with van der Waals surface area (Å²) in [5.41, 5.74) is -1.07. The van der Waals surface area contributed by atoms with Crippen LogP contribution in [0.1, 0.15) is 46.5 Å². The van der Waals surface area contributed by atoms with Crippen LogP contribution < -0.4 is 0 Å². The van der Waals surface area contributed by atoms with Crippen LogP contribution in [0.4, 0.5) is 0 Å². The minimum absolute atomic E-state index is 0.0466. The Morgan fingerprint density at radius 1 is 1.40 bits per heavy atom. The summed E-state index contributed by atoms with van der Waals surface area (Å²) >= 11 is 0. The van der Waals surface area contributed by atoms with Gasteiger partial charge in [-0.15, -0.1) is 0 Å². The minimum Gasteiger partial charge on any atom is -0.466 e. The summed E-state index contributed by atoms with van der Waals surface area (Å²) in [7, 11) is 0. The van der Waals surface area contributed by atoms with Crippen LogP contribution in [0.15, 0.2) is 0 Å². The van der Waals surface area contributed by atoms with Gasteiger partial charge in [-0.05, 0) is 13.3 Å². The zero-order valence-corrected chi connectivity index (χ0v) is 9.71. The molecule has 1 N–H and O–H groups in total. The molecular weight excluding hydrogens is 196 g/mol. The maximum atomic E-state index is 11.3. The molecule has 1 unspecified atom stereocenters. The average molecular weight is 216 g/mol. The molecule has 88 valence electrons. The number of Topliss-reactive ketones (excluding diaryl/α,β-unsaturated/α-hetero) is 1. The molecule has 0 aromatic carbocycles. The fourth-order valence-electron chi connectivity index (χ4n) is 1.30. The smallest absolute Gasteiger partial charge is 0.302 e. The maximum Gasteiger partial charge on any atom is 0.302 e. The highest BCUT2D eigenvalue weighted by molar-refractivity contribution is 5.79. The van der Waals surface area contributed by atoms with E-state index in [9.17, 15) is 14.7 Å². The topological polar surface area (TPSA) is 63.6 Å². The summed E-state index contributed by atoms with van der Waals surface area (Å²) in [6.45, 7) is 4.98. The Balaban J connectivity index is 3.85. The van der Waals surface area contributed by atoms with Crippen LogP contribution in [-0.4, -0.2) is 29.1 Å². The third kappa shape index (κ3) is 8.12. The van der Waals surface area contributed by atoms with Crippen molar-refractivity contribution < 1.29 is 19.4 Å². The Hall–Kier alpha value is -0.900. The van der Waals surface area contributed by atoms with Crippen molar-refractivity contribution in [1.82, 2.24) is 0 Å². The third-order valence-corrected chi connectivity index (χ3v) is 2.05. The molecule has 0 aliphatic carbocycles. The first-order valence-electron chi connectivity index (χ1n) is 5.25. The number of ether oxygens (including phenoxy) is 1. The number of esters is 1. The standard InChI is InChI=1S/C11H20O4/c1-4-5-10(13)8-11(3,14)6-7-15-9(2)12/h14H,4-8H2,1-3H3. The van der Waals surface area contributed by atoms with Crippen molar-refractivity contribution in [1.29, 1.82) is 0 Å². The second-order valence-electron chi connectivity index (χ2n) is 4.05. The molecule has 0 aliphatic rings. The van der Waals surface area contributed by atoms with E-state index in [1.54, 1.807) is 6.92 Å². The molecule has 4 heteroatoms. The second kappa shape index (κ2) is 6.56. The number of hydrogen-bond donors (Lipinski definition) is 1. The molecule has 0 rings (SSSR count). The van der Waals surface area contributed by atoms with Gasteiger partial charge in [-0.1, -0.05) is 6.92 Å². The monoisotopic (exact) mass is 216 g/mol. The van der Waals surface area contributed by atoms with Crippen molar-refractivity contribution >= 4 is 11.8 Å². The van der Waals surface area contributed by atoms with Crippen LogP contribution >= 0.6 is 0 Å². The molecule has 15 heavy (non-hydrogen) atoms. The third-order valence-electron chi connectivity index (χ3n) is 2.05. The first-order valence-corrected chi connectivity index (χ1v) is 5.25. The van der Waals surface area contributed by atoms with Crippen molar-refractivity contribution in [3.63, 3.8) is 0 Å². The molecule has 0 amide bonds. The summed E-state index contributed by atoms with van der Waals surface area (Å²) in [5, 5.41) is 9.81. The molecule has 0 heterocycles. The highest BCUT2D eigenvalue weighted by atomic mass is 16.5. The van der Waals surface area contributed by atoms with Gasteiger partial charge in [0, 0.05) is 26.2 Å². The van der Waals surface area contributed by atoms with E-state index in [0.717, 1.165) is 6.42 Å². The molecule has 0 saturated carbocycles. The fraction of sp³-hybridized carbons (Fsp3) is 0.818. The average Bonchev–Trinajstić information content (AvgIpc) is 2.01. The van der Waals surface area contributed by atoms with E-state index >= 15 is 0 Å². The predicted molar refractivity (Wildman–Crippen MR) is 56.4 cm³/mol. The summed E-state index contributed by atoms with van der Waals surface area (Å²) in [5.74, 6) is -0.323. The van der Waals surface area contributed by atoms with Crippen molar-refractivity contribution in [2.75, 3.05) is 6.61 Å². The van der Waals surface area contributed by atoms with Gasteiger partial charge in [0.1, 0.15) is 5.78 Å². The lowest BCUT2D eigenvalue weighted by Gasteiger charge is -2.21. The van der Waals surface area contributed by atoms with Gasteiger partial charge in [-0.2, -0.15) is 0 Å². The lowest BCUT2D eigenvalue weighted by atomic mass is 9.94. The number of ketones is 1. The van der Waals surface area contributed by atoms with Gasteiger partial charge in [0.25, 0.3) is 0 Å². The number of carbonyl (C=O) groups excluding carboxylic acids is 2. The zero-order chi connectivity index (χ0) is 11.9. The number of carbonyl (C=O) groups is 2. The Labute approximate surface area is 90.6 Å². The Morgan fingerprint density at radius 3 is 2.47 bits per heavy atom. The van der Waals surface area contributed by atoms with Crippen molar-refractivity contribution in [3.05, 3.63) is 0 Å². The minimum atomic E-state index is -1.07. The first kappa shape index (κ1) is 14.1. The van der Waals surface area contributed by atoms with Crippen molar-refractivity contribution in [2.24, 2.45) is 0 Å². The van der Waals surface area contributed by atoms with Gasteiger partial charge in [0.15, 0.2) is 0 Å². The maximum absolute atomic E-state index is 11.3. The van der Waals surface area contributed by atoms with Gasteiger partial charge in [-0.3, -0.25) is 9.59 Å². The van der Waals surface area contributed by atoms with E-state index < -0.39 is 5.60 Å². The fourth-order valence-corrected chi connectivity index (χ4v) is 1.30. The molecule has 0 radical (unpaired) electrons. The van der Waals surface area contributed by atoms with Crippen LogP contribution in [0.25, 0.3) is 0 Å². The second-order valence-corrected chi connectivity index (χ2v) is 4.05. The zero-order valence-electron chi connectivity index (χ0n) is 9.71. The van der Waals surface area contributed by atoms with Gasteiger partial charge in [-0.25, -0.2) is 0 Å². The van der Waals surface area contributed by atoms with Crippen LogP contribution in [0, 0.1) is 0 Å². The van der Waals surface area contributed by atoms with Gasteiger partial charge >= 0.3 is 5.97 Å². The molecule has 1 atom stereocenters. The molecular formula is C11H20O4. The normalized spacial score (nSPS) is 14.4. The van der Waals surface area contributed by atoms with Crippen LogP contribution in [0.2, 0.25) is 0 Å². The highest BCUT2D eigenvalue weighted by Crippen LogP contribution is 2.16. The molecule has 0 aliphatic heterocycles. The van der Waals surface area contributed by atoms with Crippen LogP contribution in [-0.2, 0) is 14.3 Å². The Bertz CT molecular complexity index is 221. The number of hydrogen-bond acceptors (Lipinski definition) is 4. The summed E-state index contributed by atoms with van der Waals surface area (Å²) in [4.78, 5) is 21.8. The predicted octanol–water partition coefficient (Wildman–Crippen LogP) is 1.45. The molecule has 0 spiro atoms. The lowest BCUT2D eigenvalue weighted by Crippen LogP contribution is -2.29. The summed E-state index contributed by atoms with van der Waals surface area (Å²) in [6, 6.07) is 0. The van der Waals surface area contributed by atoms with Gasteiger partial charge in [0.2, 0.25) is 0 Å². The molecule has 0 saturated heterocycles. The Kier molecular flexibility index (Phi) is 6.17. The molecule has 0 aromatic heterocycles. The van der Waals surface area contributed by atoms with Crippen LogP contribution in [0.3, 0.4) is 0 Å². The van der Waals surface area contributed by atoms with Crippen molar-refractivity contribution in [2.45, 2.75) is 52.1 Å². The summed E-state index contributed by atoms with van der Waals surface area (Å²) in [6.07, 6.45) is 1.70. The lowest BCUT2D eigenvalue weighted by molar-refractivity contribution is -0.142. The van der Waals surface area contributed by atoms with Crippen molar-refractivity contribution in [3.8, 4) is 0 Å². The molecule has 0 fully saturated rings. The Morgan fingerprint density at radius 2 is 2.00 bits per heavy atom. The molecule has 0 bridgehead atoms. The number of aliphatic hydroxyl groups is 1. The van der Waals surface area contributed by atoms with E-state index in [2.05, 4.69) is 0 Å². The van der Waals surface area contributed by atoms with E-state index in [-0.39, 0.29) is 24.8 Å². The number of rotatable bonds is 7. The molecule has 4 nitrogen and oxygen atoms in total. The van der Waals surface area contributed by atoms with E-state index in [4.69, 9.17) is 4.74 Å². The highest BCUT2D eigenvalue weighted by Gasteiger charge is 2.23. The first-order chi connectivity index (χ1) is 6.87. The quantitative estimate of drug-likeness (QED) is 0.654. The van der Waals surface area contributed by atoms with E-state index in [0.29, 0.717) is 12.8 Å². The SMILES string of the molecule is CCCC(=O)CC(C)(O)CCOC(C)=O. The van der Waals surface area contributed by atoms with Crippen LogP contribution in [0.5, 0.6) is 0 Å². The van der Waals surface area contributed by atoms with E-state index in [1.165, 1.54) is 6.92 Å². The van der Waals surface area contributed by atoms with Gasteiger partial charge in [0.05, 0.1) is 12.2 Å². The van der Waals surface area contributed by atoms with E-state index in [1.807, 2.05) is 6.92 Å². The van der Waals surface area contributed by atoms with Gasteiger partial charge < -0.3 is 9.84 Å². The summed E-state index contributed by atoms with van der Waals surface area (Å²) < 4.78 is 4.71. The molecule has 0 aromatic rings. The largest absolute Gasteiger partial charge is 0.466 e.